The van der Waals surface area contributed by atoms with Gasteiger partial charge in [0.25, 0.3) is 0 Å². The molecule has 19 heavy (non-hydrogen) atoms. The van der Waals surface area contributed by atoms with Crippen LogP contribution in [-0.2, 0) is 0 Å². The maximum atomic E-state index is 8.85. The van der Waals surface area contributed by atoms with Crippen LogP contribution in [-0.4, -0.2) is 17.0 Å². The lowest BCUT2D eigenvalue weighted by Crippen LogP contribution is -1.92. The number of ether oxygens (including phenoxy) is 2. The molecule has 0 saturated carbocycles. The van der Waals surface area contributed by atoms with Crippen LogP contribution in [0.3, 0.4) is 0 Å². The normalized spacial score (nSPS) is 15.9. The largest absolute Gasteiger partial charge is 0.504 e. The fourth-order valence-corrected chi connectivity index (χ4v) is 1.52. The number of hydrogen-bond acceptors (Lipinski definition) is 4. The van der Waals surface area contributed by atoms with Crippen molar-refractivity contribution in [1.82, 2.24) is 0 Å². The molecule has 2 aromatic carbocycles. The van der Waals surface area contributed by atoms with Crippen molar-refractivity contribution in [3.8, 4) is 23.0 Å². The molecule has 0 saturated heterocycles. The summed E-state index contributed by atoms with van der Waals surface area (Å²) in [4.78, 5) is 0. The van der Waals surface area contributed by atoms with Crippen molar-refractivity contribution >= 4 is 0 Å². The molecule has 1 aliphatic rings. The first kappa shape index (κ1) is 10.6. The van der Waals surface area contributed by atoms with E-state index in [1.807, 2.05) is 19.9 Å². The van der Waals surface area contributed by atoms with E-state index >= 15 is 0 Å². The van der Waals surface area contributed by atoms with E-state index in [-0.39, 0.29) is 11.5 Å². The van der Waals surface area contributed by atoms with Crippen molar-refractivity contribution in [2.45, 2.75) is 13.8 Å². The second-order valence-corrected chi connectivity index (χ2v) is 4.23. The molecule has 3 rings (SSSR count). The molecule has 0 aliphatic carbocycles. The van der Waals surface area contributed by atoms with Crippen molar-refractivity contribution < 1.29 is 22.4 Å². The number of rotatable bonds is 0. The Bertz CT molecular complexity index is 656. The molecule has 0 atom stereocenters. The molecule has 4 heteroatoms. The summed E-state index contributed by atoms with van der Waals surface area (Å²) in [5.41, 5.74) is 1.96. The monoisotopic (exact) mass is 262 g/mol. The van der Waals surface area contributed by atoms with Crippen molar-refractivity contribution in [3.63, 3.8) is 0 Å². The minimum Gasteiger partial charge on any atom is -0.504 e. The summed E-state index contributed by atoms with van der Waals surface area (Å²) >= 11 is 0. The molecule has 0 amide bonds. The highest BCUT2D eigenvalue weighted by Gasteiger charge is 2.11. The topological polar surface area (TPSA) is 58.9 Å². The average molecular weight is 262 g/mol. The van der Waals surface area contributed by atoms with Crippen LogP contribution in [0, 0.1) is 13.8 Å². The van der Waals surface area contributed by atoms with E-state index in [9.17, 15) is 0 Å². The second kappa shape index (κ2) is 5.52. The molecule has 0 aromatic heterocycles. The third-order valence-corrected chi connectivity index (χ3v) is 2.53. The van der Waals surface area contributed by atoms with Gasteiger partial charge in [0.05, 0.1) is 0 Å². The van der Waals surface area contributed by atoms with Gasteiger partial charge in [-0.3, -0.25) is 0 Å². The highest BCUT2D eigenvalue weighted by Crippen LogP contribution is 2.31. The van der Waals surface area contributed by atoms with E-state index in [4.69, 9.17) is 22.4 Å². The van der Waals surface area contributed by atoms with Gasteiger partial charge < -0.3 is 19.7 Å². The van der Waals surface area contributed by atoms with Crippen molar-refractivity contribution in [3.05, 3.63) is 47.5 Å². The Labute approximate surface area is 114 Å². The third kappa shape index (κ3) is 3.31. The molecule has 2 aromatic rings. The Morgan fingerprint density at radius 3 is 2.21 bits per heavy atom. The highest BCUT2D eigenvalue weighted by atomic mass is 16.7. The number of fused-ring (bicyclic) bond motifs is 1. The van der Waals surface area contributed by atoms with Crippen LogP contribution < -0.4 is 9.47 Å². The van der Waals surface area contributed by atoms with E-state index in [2.05, 4.69) is 0 Å². The van der Waals surface area contributed by atoms with Crippen LogP contribution in [0.2, 0.25) is 0 Å². The smallest absolute Gasteiger partial charge is 0.231 e. The molecule has 100 valence electrons. The third-order valence-electron chi connectivity index (χ3n) is 2.53. The fraction of sp³-hybridized carbons (Fsp3) is 0.200. The van der Waals surface area contributed by atoms with Crippen LogP contribution in [0.1, 0.15) is 13.9 Å². The van der Waals surface area contributed by atoms with E-state index < -0.39 is 6.75 Å². The predicted octanol–water partition coefficient (Wildman–Crippen LogP) is 3.13. The fourth-order valence-electron chi connectivity index (χ4n) is 1.52. The number of hydrogen-bond donors (Lipinski definition) is 2. The van der Waals surface area contributed by atoms with Gasteiger partial charge in [-0.15, -0.1) is 0 Å². The number of aromatic hydroxyl groups is 2. The summed E-state index contributed by atoms with van der Waals surface area (Å²) in [7, 11) is 0. The molecule has 0 radical (unpaired) electrons. The molecule has 1 aliphatic heterocycles. The molecule has 0 bridgehead atoms. The molecular weight excluding hydrogens is 244 g/mol. The van der Waals surface area contributed by atoms with Gasteiger partial charge in [0.2, 0.25) is 6.75 Å². The SMILES string of the molecule is Cc1ccc(O)c(O)c1.[2H]C1([2H])Oc2ccc(C)cc2O1. The van der Waals surface area contributed by atoms with Crippen LogP contribution in [0.5, 0.6) is 23.0 Å². The van der Waals surface area contributed by atoms with E-state index in [0.717, 1.165) is 11.1 Å². The molecular formula is C15H16O4. The second-order valence-electron chi connectivity index (χ2n) is 4.23. The molecule has 0 spiro atoms. The first-order valence-corrected chi connectivity index (χ1v) is 5.74. The zero-order valence-corrected chi connectivity index (χ0v) is 10.7. The Morgan fingerprint density at radius 2 is 1.53 bits per heavy atom. The maximum absolute atomic E-state index is 8.85. The Morgan fingerprint density at radius 1 is 0.895 bits per heavy atom. The van der Waals surface area contributed by atoms with Crippen LogP contribution in [0.15, 0.2) is 36.4 Å². The van der Waals surface area contributed by atoms with Crippen molar-refractivity contribution in [2.75, 3.05) is 6.75 Å². The van der Waals surface area contributed by atoms with E-state index in [0.29, 0.717) is 11.5 Å². The Balaban J connectivity index is 0.000000161. The van der Waals surface area contributed by atoms with E-state index in [1.165, 1.54) is 12.1 Å². The summed E-state index contributed by atoms with van der Waals surface area (Å²) in [5, 5.41) is 17.6. The summed E-state index contributed by atoms with van der Waals surface area (Å²) in [6, 6.07) is 10.0. The van der Waals surface area contributed by atoms with Crippen molar-refractivity contribution in [2.24, 2.45) is 0 Å². The zero-order chi connectivity index (χ0) is 15.6. The zero-order valence-electron chi connectivity index (χ0n) is 12.7. The molecule has 4 nitrogen and oxygen atoms in total. The van der Waals surface area contributed by atoms with Crippen LogP contribution in [0.4, 0.5) is 0 Å². The summed E-state index contributed by atoms with van der Waals surface area (Å²) < 4.78 is 24.1. The van der Waals surface area contributed by atoms with Gasteiger partial charge >= 0.3 is 0 Å². The molecule has 2 N–H and O–H groups in total. The summed E-state index contributed by atoms with van der Waals surface area (Å²) in [6.45, 7) is 1.76. The minimum atomic E-state index is -2.00. The van der Waals surface area contributed by atoms with Gasteiger partial charge in [0.1, 0.15) is 2.74 Å². The maximum Gasteiger partial charge on any atom is 0.231 e. The summed E-state index contributed by atoms with van der Waals surface area (Å²) in [6.07, 6.45) is 0. The number of benzene rings is 2. The Kier molecular flexibility index (Phi) is 3.07. The van der Waals surface area contributed by atoms with Gasteiger partial charge in [-0.05, 0) is 49.2 Å². The standard InChI is InChI=1S/C8H8O2.C7H8O2/c1-6-2-3-7-8(4-6)10-5-9-7;1-5-2-3-6(8)7(9)4-5/h2-4H,5H2,1H3;2-4,8-9H,1H3/i5D2;. The van der Waals surface area contributed by atoms with Gasteiger partial charge in [-0.25, -0.2) is 0 Å². The van der Waals surface area contributed by atoms with Crippen LogP contribution in [0.25, 0.3) is 0 Å². The first-order valence-electron chi connectivity index (χ1n) is 6.74. The number of aryl methyl sites for hydroxylation is 2. The predicted molar refractivity (Wildman–Crippen MR) is 71.8 cm³/mol. The molecule has 0 fully saturated rings. The molecule has 0 unspecified atom stereocenters. The minimum absolute atomic E-state index is 0.0602. The first-order chi connectivity index (χ1) is 9.77. The van der Waals surface area contributed by atoms with Gasteiger partial charge in [0, 0.05) is 0 Å². The van der Waals surface area contributed by atoms with Crippen LogP contribution >= 0.6 is 0 Å². The number of phenols is 2. The van der Waals surface area contributed by atoms with Gasteiger partial charge in [-0.1, -0.05) is 12.1 Å². The van der Waals surface area contributed by atoms with Gasteiger partial charge in [-0.2, -0.15) is 0 Å². The average Bonchev–Trinajstić information content (AvgIpc) is 2.68. The lowest BCUT2D eigenvalue weighted by Gasteiger charge is -1.95. The molecule has 1 heterocycles. The lowest BCUT2D eigenvalue weighted by molar-refractivity contribution is 0.174. The summed E-state index contributed by atoms with van der Waals surface area (Å²) in [5.74, 6) is 0.807. The highest BCUT2D eigenvalue weighted by molar-refractivity contribution is 5.44. The quantitative estimate of drug-likeness (QED) is 0.716. The van der Waals surface area contributed by atoms with E-state index in [1.54, 1.807) is 18.2 Å². The van der Waals surface area contributed by atoms with Crippen molar-refractivity contribution in [1.29, 1.82) is 0 Å². The lowest BCUT2D eigenvalue weighted by atomic mass is 10.2. The number of phenolic OH excluding ortho intramolecular Hbond substituents is 2. The Hall–Kier alpha value is -2.36. The van der Waals surface area contributed by atoms with Gasteiger partial charge in [0.15, 0.2) is 23.0 Å².